The van der Waals surface area contributed by atoms with Crippen molar-refractivity contribution in [3.8, 4) is 0 Å². The predicted octanol–water partition coefficient (Wildman–Crippen LogP) is 2.75. The molecule has 94 valence electrons. The van der Waals surface area contributed by atoms with E-state index in [1.54, 1.807) is 0 Å². The quantitative estimate of drug-likeness (QED) is 0.758. The molecule has 0 saturated heterocycles. The molecular formula is C13H25NO2. The Kier molecular flexibility index (Phi) is 5.81. The standard InChI is InChI=1S/C13H25NO2/c1-11(10-13(15)16)14(2)9-8-12-6-4-3-5-7-12/h11-12H,3-10H2,1-2H3,(H,15,16). The van der Waals surface area contributed by atoms with Crippen LogP contribution >= 0.6 is 0 Å². The molecule has 0 aliphatic heterocycles. The van der Waals surface area contributed by atoms with Crippen LogP contribution in [0.25, 0.3) is 0 Å². The number of rotatable bonds is 6. The van der Waals surface area contributed by atoms with Gasteiger partial charge in [-0.1, -0.05) is 32.1 Å². The molecule has 1 aliphatic rings. The molecule has 0 aromatic carbocycles. The van der Waals surface area contributed by atoms with Crippen LogP contribution in [0.3, 0.4) is 0 Å². The maximum atomic E-state index is 10.6. The largest absolute Gasteiger partial charge is 0.481 e. The lowest BCUT2D eigenvalue weighted by molar-refractivity contribution is -0.138. The highest BCUT2D eigenvalue weighted by atomic mass is 16.4. The van der Waals surface area contributed by atoms with Crippen LogP contribution in [0.2, 0.25) is 0 Å². The summed E-state index contributed by atoms with van der Waals surface area (Å²) < 4.78 is 0. The monoisotopic (exact) mass is 227 g/mol. The summed E-state index contributed by atoms with van der Waals surface area (Å²) in [7, 11) is 2.04. The first kappa shape index (κ1) is 13.5. The van der Waals surface area contributed by atoms with Crippen molar-refractivity contribution in [2.45, 2.75) is 57.9 Å². The molecule has 1 fully saturated rings. The Hall–Kier alpha value is -0.570. The number of hydrogen-bond donors (Lipinski definition) is 1. The molecule has 0 aromatic rings. The van der Waals surface area contributed by atoms with Crippen molar-refractivity contribution in [2.75, 3.05) is 13.6 Å². The minimum atomic E-state index is -0.697. The van der Waals surface area contributed by atoms with Crippen LogP contribution in [-0.4, -0.2) is 35.6 Å². The summed E-state index contributed by atoms with van der Waals surface area (Å²) >= 11 is 0. The van der Waals surface area contributed by atoms with Gasteiger partial charge < -0.3 is 10.0 Å². The Balaban J connectivity index is 2.17. The number of carboxylic acid groups (broad SMARTS) is 1. The molecule has 1 atom stereocenters. The molecule has 3 heteroatoms. The van der Waals surface area contributed by atoms with Crippen LogP contribution in [-0.2, 0) is 4.79 Å². The average Bonchev–Trinajstić information content (AvgIpc) is 2.26. The smallest absolute Gasteiger partial charge is 0.304 e. The zero-order valence-electron chi connectivity index (χ0n) is 10.6. The third-order valence-corrected chi connectivity index (χ3v) is 3.84. The van der Waals surface area contributed by atoms with Gasteiger partial charge in [0.2, 0.25) is 0 Å². The number of aliphatic carboxylic acids is 1. The van der Waals surface area contributed by atoms with E-state index in [-0.39, 0.29) is 12.5 Å². The highest BCUT2D eigenvalue weighted by molar-refractivity contribution is 5.67. The fraction of sp³-hybridized carbons (Fsp3) is 0.923. The highest BCUT2D eigenvalue weighted by Crippen LogP contribution is 2.26. The third-order valence-electron chi connectivity index (χ3n) is 3.84. The second-order valence-electron chi connectivity index (χ2n) is 5.22. The summed E-state index contributed by atoms with van der Waals surface area (Å²) in [5.74, 6) is 0.185. The van der Waals surface area contributed by atoms with Gasteiger partial charge in [0, 0.05) is 6.04 Å². The third kappa shape index (κ3) is 4.97. The van der Waals surface area contributed by atoms with Crippen molar-refractivity contribution in [1.29, 1.82) is 0 Å². The van der Waals surface area contributed by atoms with Gasteiger partial charge in [-0.05, 0) is 32.9 Å². The maximum Gasteiger partial charge on any atom is 0.304 e. The summed E-state index contributed by atoms with van der Waals surface area (Å²) in [4.78, 5) is 12.8. The maximum absolute atomic E-state index is 10.6. The van der Waals surface area contributed by atoms with E-state index >= 15 is 0 Å². The molecular weight excluding hydrogens is 202 g/mol. The van der Waals surface area contributed by atoms with Gasteiger partial charge in [-0.2, -0.15) is 0 Å². The molecule has 1 saturated carbocycles. The van der Waals surface area contributed by atoms with Crippen molar-refractivity contribution < 1.29 is 9.90 Å². The number of carbonyl (C=O) groups is 1. The minimum Gasteiger partial charge on any atom is -0.481 e. The van der Waals surface area contributed by atoms with Crippen molar-refractivity contribution in [3.63, 3.8) is 0 Å². The van der Waals surface area contributed by atoms with Gasteiger partial charge in [-0.25, -0.2) is 0 Å². The molecule has 0 heterocycles. The van der Waals surface area contributed by atoms with Gasteiger partial charge in [-0.3, -0.25) is 4.79 Å². The zero-order valence-corrected chi connectivity index (χ0v) is 10.6. The predicted molar refractivity (Wildman–Crippen MR) is 65.5 cm³/mol. The number of hydrogen-bond acceptors (Lipinski definition) is 2. The van der Waals surface area contributed by atoms with Gasteiger partial charge in [0.15, 0.2) is 0 Å². The first-order valence-corrected chi connectivity index (χ1v) is 6.51. The molecule has 0 radical (unpaired) electrons. The minimum absolute atomic E-state index is 0.154. The molecule has 0 aromatic heterocycles. The first-order chi connectivity index (χ1) is 7.59. The summed E-state index contributed by atoms with van der Waals surface area (Å²) in [5, 5.41) is 8.72. The fourth-order valence-corrected chi connectivity index (χ4v) is 2.49. The Morgan fingerprint density at radius 3 is 2.56 bits per heavy atom. The highest BCUT2D eigenvalue weighted by Gasteiger charge is 2.17. The van der Waals surface area contributed by atoms with Gasteiger partial charge in [0.1, 0.15) is 0 Å². The molecule has 1 N–H and O–H groups in total. The van der Waals surface area contributed by atoms with Crippen LogP contribution in [0, 0.1) is 5.92 Å². The zero-order chi connectivity index (χ0) is 12.0. The molecule has 0 spiro atoms. The lowest BCUT2D eigenvalue weighted by Gasteiger charge is -2.27. The van der Waals surface area contributed by atoms with Crippen molar-refractivity contribution in [2.24, 2.45) is 5.92 Å². The molecule has 3 nitrogen and oxygen atoms in total. The van der Waals surface area contributed by atoms with E-state index in [1.807, 2.05) is 14.0 Å². The molecule has 16 heavy (non-hydrogen) atoms. The summed E-state index contributed by atoms with van der Waals surface area (Å²) in [6, 6.07) is 0.154. The first-order valence-electron chi connectivity index (χ1n) is 6.51. The van der Waals surface area contributed by atoms with Gasteiger partial charge in [0.05, 0.1) is 6.42 Å². The summed E-state index contributed by atoms with van der Waals surface area (Å²) in [6.07, 6.45) is 8.42. The SMILES string of the molecule is CC(CC(=O)O)N(C)CCC1CCCCC1. The van der Waals surface area contributed by atoms with Crippen molar-refractivity contribution >= 4 is 5.97 Å². The lowest BCUT2D eigenvalue weighted by atomic mass is 9.87. The summed E-state index contributed by atoms with van der Waals surface area (Å²) in [6.45, 7) is 3.04. The van der Waals surface area contributed by atoms with E-state index in [2.05, 4.69) is 4.90 Å². The number of carboxylic acids is 1. The van der Waals surface area contributed by atoms with E-state index < -0.39 is 5.97 Å². The average molecular weight is 227 g/mol. The van der Waals surface area contributed by atoms with Crippen molar-refractivity contribution in [3.05, 3.63) is 0 Å². The molecule has 1 unspecified atom stereocenters. The van der Waals surface area contributed by atoms with Crippen LogP contribution in [0.1, 0.15) is 51.9 Å². The Labute approximate surface area is 98.8 Å². The van der Waals surface area contributed by atoms with Crippen LogP contribution in [0.15, 0.2) is 0 Å². The molecule has 0 bridgehead atoms. The second kappa shape index (κ2) is 6.89. The fourth-order valence-electron chi connectivity index (χ4n) is 2.49. The normalized spacial score (nSPS) is 19.9. The van der Waals surface area contributed by atoms with Crippen LogP contribution < -0.4 is 0 Å². The van der Waals surface area contributed by atoms with Gasteiger partial charge >= 0.3 is 5.97 Å². The van der Waals surface area contributed by atoms with E-state index in [0.717, 1.165) is 12.5 Å². The Morgan fingerprint density at radius 2 is 2.00 bits per heavy atom. The van der Waals surface area contributed by atoms with E-state index in [1.165, 1.54) is 38.5 Å². The Bertz CT molecular complexity index is 212. The van der Waals surface area contributed by atoms with Crippen LogP contribution in [0.4, 0.5) is 0 Å². The topological polar surface area (TPSA) is 40.5 Å². The van der Waals surface area contributed by atoms with Gasteiger partial charge in [-0.15, -0.1) is 0 Å². The summed E-state index contributed by atoms with van der Waals surface area (Å²) in [5.41, 5.74) is 0. The molecule has 0 amide bonds. The van der Waals surface area contributed by atoms with E-state index in [4.69, 9.17) is 5.11 Å². The molecule has 1 rings (SSSR count). The van der Waals surface area contributed by atoms with Gasteiger partial charge in [0.25, 0.3) is 0 Å². The Morgan fingerprint density at radius 1 is 1.38 bits per heavy atom. The second-order valence-corrected chi connectivity index (χ2v) is 5.22. The van der Waals surface area contributed by atoms with E-state index in [9.17, 15) is 4.79 Å². The van der Waals surface area contributed by atoms with Crippen molar-refractivity contribution in [1.82, 2.24) is 4.90 Å². The lowest BCUT2D eigenvalue weighted by Crippen LogP contribution is -2.33. The number of nitrogens with zero attached hydrogens (tertiary/aromatic N) is 1. The van der Waals surface area contributed by atoms with Crippen LogP contribution in [0.5, 0.6) is 0 Å². The molecule has 1 aliphatic carbocycles. The van der Waals surface area contributed by atoms with E-state index in [0.29, 0.717) is 0 Å².